The van der Waals surface area contributed by atoms with Gasteiger partial charge in [0.2, 0.25) is 11.7 Å². The number of halogens is 3. The standard InChI is InChI=1S/C29H29F3N8O2/c1-2-14-39-15-4-5-20(17-39)27-37-25(38-42-27)19-8-9-24(33-16-19)36-26(41)22-7-3-6-21(35-22)23-10-13-34-40(23)18-28(11-12-28)29(30,31)32/h2-3,6-10,13,16,20H,1,4-5,11-12,14-15,17-18H2,(H,33,36,41)/t20-/m0/s1. The van der Waals surface area contributed by atoms with Gasteiger partial charge in [0.15, 0.2) is 0 Å². The molecule has 0 aromatic carbocycles. The van der Waals surface area contributed by atoms with Crippen molar-refractivity contribution in [2.75, 3.05) is 25.0 Å². The minimum absolute atomic E-state index is 0.0701. The first kappa shape index (κ1) is 27.8. The summed E-state index contributed by atoms with van der Waals surface area (Å²) in [6.07, 6.45) is 2.73. The van der Waals surface area contributed by atoms with E-state index >= 15 is 0 Å². The average molecular weight is 579 g/mol. The minimum Gasteiger partial charge on any atom is -0.339 e. The number of carbonyl (C=O) groups excluding carboxylic acids is 1. The molecule has 10 nitrogen and oxygen atoms in total. The van der Waals surface area contributed by atoms with E-state index < -0.39 is 17.5 Å². The summed E-state index contributed by atoms with van der Waals surface area (Å²) in [6.45, 7) is 6.20. The van der Waals surface area contributed by atoms with E-state index in [0.29, 0.717) is 28.7 Å². The molecule has 13 heteroatoms. The molecule has 1 amide bonds. The van der Waals surface area contributed by atoms with Crippen molar-refractivity contribution in [2.24, 2.45) is 5.41 Å². The van der Waals surface area contributed by atoms with E-state index in [4.69, 9.17) is 4.52 Å². The molecule has 0 bridgehead atoms. The van der Waals surface area contributed by atoms with Crippen LogP contribution >= 0.6 is 0 Å². The van der Waals surface area contributed by atoms with Gasteiger partial charge in [-0.05, 0) is 62.6 Å². The number of amides is 1. The Labute approximate surface area is 239 Å². The fraction of sp³-hybridized carbons (Fsp3) is 0.379. The van der Waals surface area contributed by atoms with Crippen LogP contribution in [0.5, 0.6) is 0 Å². The highest BCUT2D eigenvalue weighted by Crippen LogP contribution is 2.58. The van der Waals surface area contributed by atoms with Gasteiger partial charge in [0, 0.05) is 31.0 Å². The van der Waals surface area contributed by atoms with Gasteiger partial charge in [-0.2, -0.15) is 23.3 Å². The highest BCUT2D eigenvalue weighted by Gasteiger charge is 2.63. The summed E-state index contributed by atoms with van der Waals surface area (Å²) in [5.74, 6) is 0.945. The predicted octanol–water partition coefficient (Wildman–Crippen LogP) is 5.35. The van der Waals surface area contributed by atoms with Crippen molar-refractivity contribution in [1.29, 1.82) is 0 Å². The second-order valence-corrected chi connectivity index (χ2v) is 10.8. The summed E-state index contributed by atoms with van der Waals surface area (Å²) in [5, 5.41) is 10.9. The first-order valence-corrected chi connectivity index (χ1v) is 13.8. The van der Waals surface area contributed by atoms with E-state index in [1.54, 1.807) is 36.5 Å². The monoisotopic (exact) mass is 578 g/mol. The van der Waals surface area contributed by atoms with E-state index in [0.717, 1.165) is 32.5 Å². The maximum atomic E-state index is 13.5. The third-order valence-electron chi connectivity index (χ3n) is 7.82. The van der Waals surface area contributed by atoms with Gasteiger partial charge in [0.1, 0.15) is 11.5 Å². The topological polar surface area (TPSA) is 115 Å². The van der Waals surface area contributed by atoms with Gasteiger partial charge in [0.05, 0.1) is 29.3 Å². The zero-order valence-corrected chi connectivity index (χ0v) is 22.7. The molecule has 0 unspecified atom stereocenters. The van der Waals surface area contributed by atoms with Gasteiger partial charge in [-0.25, -0.2) is 9.97 Å². The maximum absolute atomic E-state index is 13.5. The Hall–Kier alpha value is -4.39. The summed E-state index contributed by atoms with van der Waals surface area (Å²) in [6, 6.07) is 9.73. The van der Waals surface area contributed by atoms with Crippen LogP contribution in [0.4, 0.5) is 19.0 Å². The molecule has 1 aliphatic heterocycles. The minimum atomic E-state index is -4.30. The van der Waals surface area contributed by atoms with Crippen molar-refractivity contribution in [3.63, 3.8) is 0 Å². The molecule has 1 atom stereocenters. The van der Waals surface area contributed by atoms with E-state index in [1.807, 2.05) is 6.08 Å². The highest BCUT2D eigenvalue weighted by atomic mass is 19.4. The molecule has 0 radical (unpaired) electrons. The van der Waals surface area contributed by atoms with Crippen molar-refractivity contribution in [1.82, 2.24) is 34.8 Å². The molecule has 0 spiro atoms. The summed E-state index contributed by atoms with van der Waals surface area (Å²) in [4.78, 5) is 28.6. The Bertz CT molecular complexity index is 1580. The Kier molecular flexibility index (Phi) is 7.35. The largest absolute Gasteiger partial charge is 0.396 e. The number of anilines is 1. The normalized spacial score (nSPS) is 18.5. The number of hydrogen-bond acceptors (Lipinski definition) is 8. The first-order chi connectivity index (χ1) is 20.2. The number of piperidine rings is 1. The van der Waals surface area contributed by atoms with Crippen molar-refractivity contribution in [2.45, 2.75) is 44.3 Å². The molecule has 4 aromatic rings. The van der Waals surface area contributed by atoms with Crippen molar-refractivity contribution in [3.8, 4) is 22.8 Å². The Morgan fingerprint density at radius 1 is 1.19 bits per heavy atom. The predicted molar refractivity (Wildman–Crippen MR) is 147 cm³/mol. The molecule has 4 aromatic heterocycles. The van der Waals surface area contributed by atoms with Crippen molar-refractivity contribution in [3.05, 3.63) is 73.0 Å². The molecule has 1 saturated heterocycles. The Morgan fingerprint density at radius 3 is 2.79 bits per heavy atom. The maximum Gasteiger partial charge on any atom is 0.396 e. The average Bonchev–Trinajstić information content (AvgIpc) is 3.38. The van der Waals surface area contributed by atoms with Gasteiger partial charge >= 0.3 is 6.18 Å². The number of alkyl halides is 3. The van der Waals surface area contributed by atoms with Gasteiger partial charge in [-0.15, -0.1) is 6.58 Å². The van der Waals surface area contributed by atoms with E-state index in [2.05, 4.69) is 42.0 Å². The first-order valence-electron chi connectivity index (χ1n) is 13.8. The van der Waals surface area contributed by atoms with Crippen molar-refractivity contribution >= 4 is 11.7 Å². The van der Waals surface area contributed by atoms with Crippen LogP contribution in [0.15, 0.2) is 66.0 Å². The van der Waals surface area contributed by atoms with Crippen LogP contribution in [0.3, 0.4) is 0 Å². The van der Waals surface area contributed by atoms with Crippen LogP contribution in [0.2, 0.25) is 0 Å². The SMILES string of the molecule is C=CCN1CCC[C@H](c2nc(-c3ccc(NC(=O)c4cccc(-c5ccnn5CC5(C(F)(F)F)CC5)n4)nc3)no2)C1. The van der Waals surface area contributed by atoms with Crippen LogP contribution in [0.1, 0.15) is 48.0 Å². The van der Waals surface area contributed by atoms with Gasteiger partial charge < -0.3 is 9.84 Å². The van der Waals surface area contributed by atoms with Crippen LogP contribution < -0.4 is 5.32 Å². The third-order valence-corrected chi connectivity index (χ3v) is 7.82. The molecule has 1 N–H and O–H groups in total. The number of carbonyl (C=O) groups is 1. The van der Waals surface area contributed by atoms with E-state index in [-0.39, 0.29) is 36.8 Å². The lowest BCUT2D eigenvalue weighted by molar-refractivity contribution is -0.191. The number of nitrogens with one attached hydrogen (secondary N) is 1. The highest BCUT2D eigenvalue weighted by molar-refractivity contribution is 6.02. The lowest BCUT2D eigenvalue weighted by Crippen LogP contribution is -2.34. The van der Waals surface area contributed by atoms with Crippen LogP contribution in [-0.4, -0.2) is 66.5 Å². The zero-order valence-electron chi connectivity index (χ0n) is 22.7. The van der Waals surface area contributed by atoms with Crippen molar-refractivity contribution < 1.29 is 22.5 Å². The van der Waals surface area contributed by atoms with Crippen LogP contribution in [-0.2, 0) is 6.54 Å². The zero-order chi connectivity index (χ0) is 29.3. The van der Waals surface area contributed by atoms with Gasteiger partial charge in [-0.3, -0.25) is 14.4 Å². The quantitative estimate of drug-likeness (QED) is 0.265. The summed E-state index contributed by atoms with van der Waals surface area (Å²) >= 11 is 0. The molecule has 1 aliphatic carbocycles. The third kappa shape index (κ3) is 5.69. The molecular weight excluding hydrogens is 549 g/mol. The molecule has 42 heavy (non-hydrogen) atoms. The summed E-state index contributed by atoms with van der Waals surface area (Å²) in [7, 11) is 0. The number of pyridine rings is 2. The van der Waals surface area contributed by atoms with E-state index in [9.17, 15) is 18.0 Å². The molecule has 218 valence electrons. The number of rotatable bonds is 9. The number of aromatic nitrogens is 6. The Morgan fingerprint density at radius 2 is 2.05 bits per heavy atom. The molecule has 6 rings (SSSR count). The smallest absolute Gasteiger partial charge is 0.339 e. The number of likely N-dealkylation sites (tertiary alicyclic amines) is 1. The molecular formula is C29H29F3N8O2. The number of hydrogen-bond donors (Lipinski definition) is 1. The van der Waals surface area contributed by atoms with E-state index in [1.165, 1.54) is 16.9 Å². The van der Waals surface area contributed by atoms with Gasteiger partial charge in [-0.1, -0.05) is 17.3 Å². The fourth-order valence-corrected chi connectivity index (χ4v) is 5.25. The molecule has 2 aliphatic rings. The molecule has 2 fully saturated rings. The second-order valence-electron chi connectivity index (χ2n) is 10.8. The lowest BCUT2D eigenvalue weighted by atomic mass is 9.98. The number of nitrogens with zero attached hydrogens (tertiary/aromatic N) is 7. The summed E-state index contributed by atoms with van der Waals surface area (Å²) in [5.41, 5.74) is -0.276. The van der Waals surface area contributed by atoms with Crippen LogP contribution in [0.25, 0.3) is 22.8 Å². The summed E-state index contributed by atoms with van der Waals surface area (Å²) < 4.78 is 47.4. The van der Waals surface area contributed by atoms with Crippen LogP contribution in [0, 0.1) is 5.41 Å². The second kappa shape index (κ2) is 11.1. The van der Waals surface area contributed by atoms with Gasteiger partial charge in [0.25, 0.3) is 5.91 Å². The lowest BCUT2D eigenvalue weighted by Gasteiger charge is -2.29. The Balaban J connectivity index is 1.11. The molecule has 1 saturated carbocycles. The molecule has 5 heterocycles. The fourth-order valence-electron chi connectivity index (χ4n) is 5.25.